The van der Waals surface area contributed by atoms with Crippen LogP contribution in [0.25, 0.3) is 0 Å². The van der Waals surface area contributed by atoms with Crippen molar-refractivity contribution in [3.05, 3.63) is 0 Å². The standard InChI is InChI=1S/C9H16/c1-2-3-7-4-5-8-6-9(7)8/h7-9H,2-6H2,1H3/t7-,8-,9+/m1/s1. The molecule has 9 heavy (non-hydrogen) atoms. The van der Waals surface area contributed by atoms with Crippen LogP contribution >= 0.6 is 0 Å². The van der Waals surface area contributed by atoms with Crippen LogP contribution in [0.1, 0.15) is 39.0 Å². The number of rotatable bonds is 2. The van der Waals surface area contributed by atoms with Crippen LogP contribution in [0, 0.1) is 17.8 Å². The lowest BCUT2D eigenvalue weighted by atomic mass is 9.98. The van der Waals surface area contributed by atoms with Gasteiger partial charge in [-0.25, -0.2) is 0 Å². The molecule has 0 aromatic carbocycles. The molecule has 0 bridgehead atoms. The highest BCUT2D eigenvalue weighted by molar-refractivity contribution is 4.96. The molecule has 0 aromatic heterocycles. The van der Waals surface area contributed by atoms with Crippen LogP contribution < -0.4 is 0 Å². The lowest BCUT2D eigenvalue weighted by Gasteiger charge is -2.07. The van der Waals surface area contributed by atoms with Gasteiger partial charge < -0.3 is 0 Å². The molecule has 3 atom stereocenters. The quantitative estimate of drug-likeness (QED) is 0.531. The molecule has 0 spiro atoms. The zero-order chi connectivity index (χ0) is 6.27. The van der Waals surface area contributed by atoms with Crippen LogP contribution in [0.4, 0.5) is 0 Å². The summed E-state index contributed by atoms with van der Waals surface area (Å²) < 4.78 is 0. The van der Waals surface area contributed by atoms with Crippen molar-refractivity contribution < 1.29 is 0 Å². The highest BCUT2D eigenvalue weighted by Crippen LogP contribution is 2.56. The highest BCUT2D eigenvalue weighted by atomic mass is 14.5. The highest BCUT2D eigenvalue weighted by Gasteiger charge is 2.46. The number of hydrogen-bond acceptors (Lipinski definition) is 0. The van der Waals surface area contributed by atoms with Gasteiger partial charge in [0.1, 0.15) is 0 Å². The summed E-state index contributed by atoms with van der Waals surface area (Å²) >= 11 is 0. The van der Waals surface area contributed by atoms with Gasteiger partial charge in [-0.05, 0) is 37.0 Å². The molecule has 52 valence electrons. The van der Waals surface area contributed by atoms with E-state index in [0.29, 0.717) is 0 Å². The first-order valence-corrected chi connectivity index (χ1v) is 4.42. The summed E-state index contributed by atoms with van der Waals surface area (Å²) in [5, 5.41) is 0. The predicted molar refractivity (Wildman–Crippen MR) is 39.2 cm³/mol. The smallest absolute Gasteiger partial charge is 0.0355 e. The van der Waals surface area contributed by atoms with Crippen LogP contribution in [0.3, 0.4) is 0 Å². The van der Waals surface area contributed by atoms with Crippen LogP contribution in [-0.2, 0) is 0 Å². The van der Waals surface area contributed by atoms with E-state index in [0.717, 1.165) is 5.92 Å². The van der Waals surface area contributed by atoms with Gasteiger partial charge in [-0.3, -0.25) is 0 Å². The zero-order valence-corrected chi connectivity index (χ0v) is 6.27. The van der Waals surface area contributed by atoms with Gasteiger partial charge in [0, 0.05) is 0 Å². The monoisotopic (exact) mass is 124 g/mol. The summed E-state index contributed by atoms with van der Waals surface area (Å²) in [4.78, 5) is 0. The fraction of sp³-hybridized carbons (Fsp3) is 1.00. The van der Waals surface area contributed by atoms with Crippen molar-refractivity contribution in [2.75, 3.05) is 0 Å². The Bertz CT molecular complexity index is 107. The third-order valence-electron chi connectivity index (χ3n) is 3.15. The Morgan fingerprint density at radius 2 is 2.22 bits per heavy atom. The summed E-state index contributed by atoms with van der Waals surface area (Å²) in [5.74, 6) is 3.55. The minimum Gasteiger partial charge on any atom is -0.0654 e. The van der Waals surface area contributed by atoms with Gasteiger partial charge in [-0.15, -0.1) is 0 Å². The van der Waals surface area contributed by atoms with E-state index in [1.807, 2.05) is 0 Å². The van der Waals surface area contributed by atoms with Gasteiger partial charge in [0.15, 0.2) is 0 Å². The molecular formula is C9H16. The minimum atomic E-state index is 1.15. The summed E-state index contributed by atoms with van der Waals surface area (Å²) in [6.07, 6.45) is 7.64. The molecule has 0 heterocycles. The van der Waals surface area contributed by atoms with Crippen LogP contribution in [-0.4, -0.2) is 0 Å². The van der Waals surface area contributed by atoms with Crippen LogP contribution in [0.5, 0.6) is 0 Å². The maximum absolute atomic E-state index is 2.32. The summed E-state index contributed by atoms with van der Waals surface area (Å²) in [6.45, 7) is 2.32. The summed E-state index contributed by atoms with van der Waals surface area (Å²) in [7, 11) is 0. The third kappa shape index (κ3) is 0.889. The van der Waals surface area contributed by atoms with Crippen molar-refractivity contribution in [2.45, 2.75) is 39.0 Å². The molecule has 0 heteroatoms. The Labute approximate surface area is 57.6 Å². The van der Waals surface area contributed by atoms with Crippen LogP contribution in [0.15, 0.2) is 0 Å². The molecule has 2 aliphatic carbocycles. The minimum absolute atomic E-state index is 1.15. The molecule has 0 aromatic rings. The van der Waals surface area contributed by atoms with E-state index in [2.05, 4.69) is 6.92 Å². The molecular weight excluding hydrogens is 108 g/mol. The normalized spacial score (nSPS) is 47.0. The fourth-order valence-corrected chi connectivity index (χ4v) is 2.55. The Morgan fingerprint density at radius 1 is 1.33 bits per heavy atom. The fourth-order valence-electron chi connectivity index (χ4n) is 2.55. The van der Waals surface area contributed by atoms with Crippen LogP contribution in [0.2, 0.25) is 0 Å². The maximum Gasteiger partial charge on any atom is -0.0355 e. The zero-order valence-electron chi connectivity index (χ0n) is 6.27. The van der Waals surface area contributed by atoms with E-state index in [1.165, 1.54) is 24.7 Å². The van der Waals surface area contributed by atoms with Gasteiger partial charge in [0.25, 0.3) is 0 Å². The largest absolute Gasteiger partial charge is 0.0654 e. The Hall–Kier alpha value is 0. The van der Waals surface area contributed by atoms with Crippen molar-refractivity contribution >= 4 is 0 Å². The summed E-state index contributed by atoms with van der Waals surface area (Å²) in [5.41, 5.74) is 0. The molecule has 2 aliphatic rings. The molecule has 2 fully saturated rings. The van der Waals surface area contributed by atoms with Crippen molar-refractivity contribution in [3.63, 3.8) is 0 Å². The maximum atomic E-state index is 2.32. The Morgan fingerprint density at radius 3 is 2.67 bits per heavy atom. The number of fused-ring (bicyclic) bond motifs is 1. The second kappa shape index (κ2) is 2.00. The molecule has 2 rings (SSSR count). The topological polar surface area (TPSA) is 0 Å². The van der Waals surface area contributed by atoms with Gasteiger partial charge in [0.2, 0.25) is 0 Å². The first-order valence-electron chi connectivity index (χ1n) is 4.42. The molecule has 0 radical (unpaired) electrons. The molecule has 0 unspecified atom stereocenters. The second-order valence-corrected chi connectivity index (χ2v) is 3.79. The molecule has 0 nitrogen and oxygen atoms in total. The molecule has 0 amide bonds. The van der Waals surface area contributed by atoms with E-state index < -0.39 is 0 Å². The lowest BCUT2D eigenvalue weighted by Crippen LogP contribution is -1.96. The predicted octanol–water partition coefficient (Wildman–Crippen LogP) is 2.83. The van der Waals surface area contributed by atoms with Gasteiger partial charge in [-0.2, -0.15) is 0 Å². The molecule has 0 aliphatic heterocycles. The first-order chi connectivity index (χ1) is 4.42. The summed E-state index contributed by atoms with van der Waals surface area (Å²) in [6, 6.07) is 0. The van der Waals surface area contributed by atoms with Crippen molar-refractivity contribution in [1.82, 2.24) is 0 Å². The van der Waals surface area contributed by atoms with E-state index in [1.54, 1.807) is 19.3 Å². The van der Waals surface area contributed by atoms with E-state index in [-0.39, 0.29) is 0 Å². The SMILES string of the molecule is CCC[C@@H]1CC[C@@H]2C[C@@H]12. The second-order valence-electron chi connectivity index (χ2n) is 3.79. The van der Waals surface area contributed by atoms with E-state index in [4.69, 9.17) is 0 Å². The van der Waals surface area contributed by atoms with E-state index >= 15 is 0 Å². The van der Waals surface area contributed by atoms with E-state index in [9.17, 15) is 0 Å². The Balaban J connectivity index is 1.84. The average molecular weight is 124 g/mol. The molecule has 0 N–H and O–H groups in total. The third-order valence-corrected chi connectivity index (χ3v) is 3.15. The van der Waals surface area contributed by atoms with Crippen molar-refractivity contribution in [3.8, 4) is 0 Å². The van der Waals surface area contributed by atoms with Gasteiger partial charge >= 0.3 is 0 Å². The van der Waals surface area contributed by atoms with Gasteiger partial charge in [0.05, 0.1) is 0 Å². The number of hydrogen-bond donors (Lipinski definition) is 0. The lowest BCUT2D eigenvalue weighted by molar-refractivity contribution is 0.439. The molecule has 2 saturated carbocycles. The first kappa shape index (κ1) is 5.76. The van der Waals surface area contributed by atoms with Crippen molar-refractivity contribution in [2.24, 2.45) is 17.8 Å². The van der Waals surface area contributed by atoms with Crippen molar-refractivity contribution in [1.29, 1.82) is 0 Å². The Kier molecular flexibility index (Phi) is 1.28. The molecule has 0 saturated heterocycles. The van der Waals surface area contributed by atoms with Gasteiger partial charge in [-0.1, -0.05) is 19.8 Å². The average Bonchev–Trinajstić information content (AvgIpc) is 2.54.